The summed E-state index contributed by atoms with van der Waals surface area (Å²) in [6, 6.07) is 0.447. The molecule has 0 aromatic heterocycles. The van der Waals surface area contributed by atoms with Crippen molar-refractivity contribution in [1.82, 2.24) is 10.6 Å². The fraction of sp³-hybridized carbons (Fsp3) is 0.929. The molecule has 3 aliphatic carbocycles. The van der Waals surface area contributed by atoms with Crippen LogP contribution in [0.3, 0.4) is 0 Å². The molecule has 4 rings (SSSR count). The van der Waals surface area contributed by atoms with Crippen molar-refractivity contribution in [3.05, 3.63) is 0 Å². The summed E-state index contributed by atoms with van der Waals surface area (Å²) in [4.78, 5) is 12.3. The summed E-state index contributed by atoms with van der Waals surface area (Å²) in [5.74, 6) is 4.20. The second kappa shape index (κ2) is 4.68. The number of piperidine rings is 1. The third-order valence-corrected chi connectivity index (χ3v) is 5.72. The quantitative estimate of drug-likeness (QED) is 0.800. The van der Waals surface area contributed by atoms with E-state index in [1.807, 2.05) is 0 Å². The molecule has 1 aliphatic heterocycles. The van der Waals surface area contributed by atoms with Crippen LogP contribution >= 0.6 is 12.4 Å². The molecule has 2 bridgehead atoms. The van der Waals surface area contributed by atoms with E-state index in [1.54, 1.807) is 0 Å². The first-order chi connectivity index (χ1) is 8.34. The number of hydrogen-bond donors (Lipinski definition) is 2. The monoisotopic (exact) mass is 270 g/mol. The first kappa shape index (κ1) is 12.7. The number of amides is 1. The molecule has 4 fully saturated rings. The standard InChI is InChI=1S/C14H22N2O.ClH/c17-14(16-10-3-5-15-6-4-10)13-11-8-1-2-9(7-8)12(11)13;/h8-13,15H,1-7H2,(H,16,17);1H. The van der Waals surface area contributed by atoms with Crippen molar-refractivity contribution in [2.24, 2.45) is 29.6 Å². The van der Waals surface area contributed by atoms with Crippen LogP contribution in [0, 0.1) is 29.6 Å². The Labute approximate surface area is 115 Å². The van der Waals surface area contributed by atoms with Crippen molar-refractivity contribution in [2.75, 3.05) is 13.1 Å². The molecule has 0 radical (unpaired) electrons. The van der Waals surface area contributed by atoms with Crippen molar-refractivity contribution < 1.29 is 4.79 Å². The highest BCUT2D eigenvalue weighted by atomic mass is 35.5. The van der Waals surface area contributed by atoms with Gasteiger partial charge in [0.05, 0.1) is 0 Å². The lowest BCUT2D eigenvalue weighted by atomic mass is 10.0. The number of carbonyl (C=O) groups excluding carboxylic acids is 1. The Bertz CT molecular complexity index is 327. The second-order valence-corrected chi connectivity index (χ2v) is 6.55. The molecule has 102 valence electrons. The molecular weight excluding hydrogens is 248 g/mol. The lowest BCUT2D eigenvalue weighted by molar-refractivity contribution is -0.124. The number of fused-ring (bicyclic) bond motifs is 5. The molecule has 0 aromatic rings. The van der Waals surface area contributed by atoms with Gasteiger partial charge in [-0.2, -0.15) is 0 Å². The van der Waals surface area contributed by atoms with E-state index in [-0.39, 0.29) is 12.4 Å². The van der Waals surface area contributed by atoms with E-state index in [2.05, 4.69) is 10.6 Å². The molecule has 3 saturated carbocycles. The maximum absolute atomic E-state index is 12.3. The number of nitrogens with one attached hydrogen (secondary N) is 2. The van der Waals surface area contributed by atoms with Crippen molar-refractivity contribution >= 4 is 18.3 Å². The van der Waals surface area contributed by atoms with Crippen LogP contribution in [0.15, 0.2) is 0 Å². The number of carbonyl (C=O) groups is 1. The normalized spacial score (nSPS) is 45.2. The molecule has 1 amide bonds. The summed E-state index contributed by atoms with van der Waals surface area (Å²) >= 11 is 0. The third-order valence-electron chi connectivity index (χ3n) is 5.72. The second-order valence-electron chi connectivity index (χ2n) is 6.55. The third kappa shape index (κ3) is 1.87. The number of rotatable bonds is 2. The zero-order valence-corrected chi connectivity index (χ0v) is 11.5. The molecule has 4 aliphatic rings. The van der Waals surface area contributed by atoms with E-state index in [0.717, 1.165) is 49.6 Å². The summed E-state index contributed by atoms with van der Waals surface area (Å²) in [5, 5.41) is 6.64. The smallest absolute Gasteiger partial charge is 0.223 e. The Balaban J connectivity index is 0.000001000. The fourth-order valence-corrected chi connectivity index (χ4v) is 4.94. The van der Waals surface area contributed by atoms with Crippen LogP contribution in [0.2, 0.25) is 0 Å². The minimum absolute atomic E-state index is 0. The Morgan fingerprint density at radius 1 is 1.00 bits per heavy atom. The highest BCUT2D eigenvalue weighted by molar-refractivity contribution is 5.85. The molecule has 2 N–H and O–H groups in total. The molecule has 0 spiro atoms. The Morgan fingerprint density at radius 3 is 2.22 bits per heavy atom. The van der Waals surface area contributed by atoms with Gasteiger partial charge in [0, 0.05) is 12.0 Å². The summed E-state index contributed by atoms with van der Waals surface area (Å²) in [6.45, 7) is 2.13. The van der Waals surface area contributed by atoms with E-state index in [9.17, 15) is 4.79 Å². The predicted octanol–water partition coefficient (Wildman–Crippen LogP) is 1.57. The van der Waals surface area contributed by atoms with Gasteiger partial charge in [-0.3, -0.25) is 4.79 Å². The van der Waals surface area contributed by atoms with Gasteiger partial charge in [0.25, 0.3) is 0 Å². The summed E-state index contributed by atoms with van der Waals surface area (Å²) in [5.41, 5.74) is 0. The summed E-state index contributed by atoms with van der Waals surface area (Å²) in [6.07, 6.45) is 6.47. The van der Waals surface area contributed by atoms with Gasteiger partial charge in [0.1, 0.15) is 0 Å². The van der Waals surface area contributed by atoms with Crippen LogP contribution < -0.4 is 10.6 Å². The van der Waals surface area contributed by atoms with Crippen LogP contribution in [0.25, 0.3) is 0 Å². The predicted molar refractivity (Wildman–Crippen MR) is 72.6 cm³/mol. The summed E-state index contributed by atoms with van der Waals surface area (Å²) < 4.78 is 0. The van der Waals surface area contributed by atoms with E-state index in [1.165, 1.54) is 19.3 Å². The molecule has 3 nitrogen and oxygen atoms in total. The summed E-state index contributed by atoms with van der Waals surface area (Å²) in [7, 11) is 0. The molecular formula is C14H23ClN2O. The molecule has 4 heteroatoms. The Morgan fingerprint density at radius 2 is 1.61 bits per heavy atom. The fourth-order valence-electron chi connectivity index (χ4n) is 4.94. The van der Waals surface area contributed by atoms with Crippen LogP contribution in [0.5, 0.6) is 0 Å². The first-order valence-electron chi connectivity index (χ1n) is 7.35. The van der Waals surface area contributed by atoms with Crippen molar-refractivity contribution in [3.63, 3.8) is 0 Å². The van der Waals surface area contributed by atoms with E-state index >= 15 is 0 Å². The molecule has 18 heavy (non-hydrogen) atoms. The Kier molecular flexibility index (Phi) is 3.31. The van der Waals surface area contributed by atoms with Crippen LogP contribution in [0.1, 0.15) is 32.1 Å². The maximum atomic E-state index is 12.3. The van der Waals surface area contributed by atoms with E-state index in [0.29, 0.717) is 17.9 Å². The van der Waals surface area contributed by atoms with Gasteiger partial charge in [-0.05, 0) is 68.9 Å². The van der Waals surface area contributed by atoms with Gasteiger partial charge in [0.2, 0.25) is 5.91 Å². The van der Waals surface area contributed by atoms with Gasteiger partial charge in [-0.15, -0.1) is 12.4 Å². The van der Waals surface area contributed by atoms with E-state index in [4.69, 9.17) is 0 Å². The zero-order chi connectivity index (χ0) is 11.4. The Hall–Kier alpha value is -0.280. The van der Waals surface area contributed by atoms with Crippen LogP contribution in [-0.2, 0) is 4.79 Å². The molecule has 4 unspecified atom stereocenters. The molecule has 1 saturated heterocycles. The van der Waals surface area contributed by atoms with Crippen LogP contribution in [0.4, 0.5) is 0 Å². The van der Waals surface area contributed by atoms with Gasteiger partial charge in [0.15, 0.2) is 0 Å². The van der Waals surface area contributed by atoms with Crippen molar-refractivity contribution in [2.45, 2.75) is 38.1 Å². The lowest BCUT2D eigenvalue weighted by Gasteiger charge is -2.24. The largest absolute Gasteiger partial charge is 0.353 e. The van der Waals surface area contributed by atoms with Crippen molar-refractivity contribution in [1.29, 1.82) is 0 Å². The van der Waals surface area contributed by atoms with Gasteiger partial charge in [-0.25, -0.2) is 0 Å². The minimum atomic E-state index is 0. The topological polar surface area (TPSA) is 41.1 Å². The van der Waals surface area contributed by atoms with Gasteiger partial charge >= 0.3 is 0 Å². The SMILES string of the molecule is Cl.O=C(NC1CCNCC1)C1C2C3CCC(C3)C12. The number of hydrogen-bond acceptors (Lipinski definition) is 2. The highest BCUT2D eigenvalue weighted by Gasteiger charge is 2.67. The van der Waals surface area contributed by atoms with Gasteiger partial charge in [-0.1, -0.05) is 0 Å². The number of halogens is 1. The highest BCUT2D eigenvalue weighted by Crippen LogP contribution is 2.69. The maximum Gasteiger partial charge on any atom is 0.223 e. The zero-order valence-electron chi connectivity index (χ0n) is 10.7. The van der Waals surface area contributed by atoms with E-state index < -0.39 is 0 Å². The molecule has 4 atom stereocenters. The average molecular weight is 271 g/mol. The minimum Gasteiger partial charge on any atom is -0.353 e. The van der Waals surface area contributed by atoms with Gasteiger partial charge < -0.3 is 10.6 Å². The first-order valence-corrected chi connectivity index (χ1v) is 7.35. The average Bonchev–Trinajstić information content (AvgIpc) is 2.80. The lowest BCUT2D eigenvalue weighted by Crippen LogP contribution is -2.43. The molecule has 0 aromatic carbocycles. The van der Waals surface area contributed by atoms with Crippen molar-refractivity contribution in [3.8, 4) is 0 Å². The van der Waals surface area contributed by atoms with Crippen LogP contribution in [-0.4, -0.2) is 25.0 Å². The molecule has 1 heterocycles.